The van der Waals surface area contributed by atoms with E-state index >= 15 is 0 Å². The Labute approximate surface area is 190 Å². The highest BCUT2D eigenvalue weighted by atomic mass is 32.1. The van der Waals surface area contributed by atoms with E-state index in [9.17, 15) is 24.8 Å². The summed E-state index contributed by atoms with van der Waals surface area (Å²) in [6, 6.07) is 9.15. The molecule has 5 rings (SSSR count). The number of ether oxygens (including phenoxy) is 2. The number of aliphatic hydroxyl groups excluding tert-OH is 1. The van der Waals surface area contributed by atoms with Crippen LogP contribution in [0, 0.1) is 10.1 Å². The highest BCUT2D eigenvalue weighted by Gasteiger charge is 2.48. The first-order chi connectivity index (χ1) is 16.0. The number of Topliss-reactive ketones (excluding diaryl/α,β-unsaturated/α-hetero) is 1. The number of carbonyl (C=O) groups is 2. The molecule has 3 aromatic rings. The predicted molar refractivity (Wildman–Crippen MR) is 117 cm³/mol. The van der Waals surface area contributed by atoms with E-state index in [2.05, 4.69) is 4.98 Å². The van der Waals surface area contributed by atoms with E-state index in [1.54, 1.807) is 23.6 Å². The third kappa shape index (κ3) is 3.48. The van der Waals surface area contributed by atoms with Crippen LogP contribution in [0.25, 0.3) is 5.76 Å². The normalized spacial score (nSPS) is 19.0. The number of non-ortho nitro benzene ring substituents is 1. The molecule has 166 valence electrons. The van der Waals surface area contributed by atoms with E-state index in [1.165, 1.54) is 30.5 Å². The van der Waals surface area contributed by atoms with Crippen LogP contribution >= 0.6 is 11.3 Å². The number of amides is 1. The first-order valence-electron chi connectivity index (χ1n) is 9.80. The van der Waals surface area contributed by atoms with Gasteiger partial charge in [-0.25, -0.2) is 4.98 Å². The van der Waals surface area contributed by atoms with Crippen molar-refractivity contribution in [3.63, 3.8) is 0 Å². The van der Waals surface area contributed by atoms with Crippen molar-refractivity contribution < 1.29 is 29.1 Å². The minimum atomic E-state index is -1.11. The number of benzene rings is 2. The number of thiazole rings is 1. The molecule has 33 heavy (non-hydrogen) atoms. The molecule has 2 aliphatic rings. The van der Waals surface area contributed by atoms with Crippen molar-refractivity contribution in [2.45, 2.75) is 6.04 Å². The molecule has 0 aliphatic carbocycles. The van der Waals surface area contributed by atoms with Gasteiger partial charge in [0.05, 0.1) is 16.5 Å². The summed E-state index contributed by atoms with van der Waals surface area (Å²) in [6.07, 6.45) is 1.48. The molecule has 1 unspecified atom stereocenters. The molecule has 2 aliphatic heterocycles. The molecule has 10 nitrogen and oxygen atoms in total. The molecule has 11 heteroatoms. The Morgan fingerprint density at radius 3 is 2.67 bits per heavy atom. The van der Waals surface area contributed by atoms with Gasteiger partial charge in [0, 0.05) is 29.3 Å². The Morgan fingerprint density at radius 2 is 1.94 bits per heavy atom. The molecule has 0 radical (unpaired) electrons. The van der Waals surface area contributed by atoms with E-state index in [4.69, 9.17) is 9.47 Å². The zero-order valence-corrected chi connectivity index (χ0v) is 17.7. The van der Waals surface area contributed by atoms with Crippen molar-refractivity contribution in [1.82, 2.24) is 4.98 Å². The van der Waals surface area contributed by atoms with Crippen LogP contribution in [-0.4, -0.2) is 39.9 Å². The molecule has 3 heterocycles. The summed E-state index contributed by atoms with van der Waals surface area (Å²) in [5.41, 5.74) is 0.119. The van der Waals surface area contributed by atoms with Gasteiger partial charge in [0.1, 0.15) is 19.0 Å². The number of anilines is 1. The summed E-state index contributed by atoms with van der Waals surface area (Å²) >= 11 is 1.13. The van der Waals surface area contributed by atoms with Gasteiger partial charge in [-0.3, -0.25) is 24.6 Å². The number of ketones is 1. The zero-order valence-electron chi connectivity index (χ0n) is 16.8. The van der Waals surface area contributed by atoms with Gasteiger partial charge in [-0.15, -0.1) is 11.3 Å². The highest BCUT2D eigenvalue weighted by Crippen LogP contribution is 2.44. The summed E-state index contributed by atoms with van der Waals surface area (Å²) < 4.78 is 11.0. The van der Waals surface area contributed by atoms with Crippen molar-refractivity contribution in [2.75, 3.05) is 18.1 Å². The van der Waals surface area contributed by atoms with Crippen LogP contribution in [0.2, 0.25) is 0 Å². The van der Waals surface area contributed by atoms with Gasteiger partial charge in [0.2, 0.25) is 0 Å². The lowest BCUT2D eigenvalue weighted by Gasteiger charge is -2.23. The Morgan fingerprint density at radius 1 is 1.15 bits per heavy atom. The van der Waals surface area contributed by atoms with Gasteiger partial charge in [0.25, 0.3) is 11.5 Å². The van der Waals surface area contributed by atoms with Gasteiger partial charge in [-0.05, 0) is 23.8 Å². The van der Waals surface area contributed by atoms with Crippen LogP contribution in [0.5, 0.6) is 11.5 Å². The first kappa shape index (κ1) is 20.6. The summed E-state index contributed by atoms with van der Waals surface area (Å²) in [6.45, 7) is 0.726. The number of aliphatic hydroxyl groups is 1. The SMILES string of the molecule is O=C1C(=O)N(c2nccs2)C(c2cccc([N+](=O)[O-])c2)/C1=C(\O)c1ccc2c(c1)OCCO2. The number of hydrogen-bond donors (Lipinski definition) is 1. The smallest absolute Gasteiger partial charge is 0.301 e. The molecule has 1 aromatic heterocycles. The quantitative estimate of drug-likeness (QED) is 0.204. The summed E-state index contributed by atoms with van der Waals surface area (Å²) in [5.74, 6) is -1.35. The van der Waals surface area contributed by atoms with Crippen molar-refractivity contribution in [2.24, 2.45) is 0 Å². The van der Waals surface area contributed by atoms with Gasteiger partial charge in [0.15, 0.2) is 16.6 Å². The van der Waals surface area contributed by atoms with Crippen LogP contribution in [0.15, 0.2) is 59.6 Å². The number of carbonyl (C=O) groups excluding carboxylic acids is 2. The Bertz CT molecular complexity index is 1320. The summed E-state index contributed by atoms with van der Waals surface area (Å²) in [7, 11) is 0. The van der Waals surface area contributed by atoms with Gasteiger partial charge < -0.3 is 14.6 Å². The maximum atomic E-state index is 13.1. The second-order valence-electron chi connectivity index (χ2n) is 7.19. The van der Waals surface area contributed by atoms with Gasteiger partial charge in [-0.2, -0.15) is 0 Å². The highest BCUT2D eigenvalue weighted by molar-refractivity contribution is 7.14. The maximum absolute atomic E-state index is 13.1. The molecule has 0 spiro atoms. The predicted octanol–water partition coefficient (Wildman–Crippen LogP) is 3.45. The molecule has 0 saturated carbocycles. The summed E-state index contributed by atoms with van der Waals surface area (Å²) in [4.78, 5) is 42.2. The number of nitro groups is 1. The second kappa shape index (κ2) is 8.02. The number of fused-ring (bicyclic) bond motifs is 1. The Balaban J connectivity index is 1.70. The van der Waals surface area contributed by atoms with Crippen LogP contribution < -0.4 is 14.4 Å². The van der Waals surface area contributed by atoms with E-state index in [-0.39, 0.29) is 27.5 Å². The van der Waals surface area contributed by atoms with Crippen molar-refractivity contribution in [3.05, 3.63) is 80.9 Å². The number of rotatable bonds is 4. The lowest BCUT2D eigenvalue weighted by Crippen LogP contribution is -2.29. The monoisotopic (exact) mass is 465 g/mol. The third-order valence-corrected chi connectivity index (χ3v) is 6.05. The average molecular weight is 465 g/mol. The molecule has 1 amide bonds. The van der Waals surface area contributed by atoms with E-state index in [0.717, 1.165) is 16.2 Å². The molecule has 0 bridgehead atoms. The van der Waals surface area contributed by atoms with Gasteiger partial charge in [-0.1, -0.05) is 12.1 Å². The van der Waals surface area contributed by atoms with Crippen molar-refractivity contribution in [3.8, 4) is 11.5 Å². The standard InChI is InChI=1S/C22H15N3O7S/c26-19(13-4-5-15-16(11-13)32-8-7-31-15)17-18(12-2-1-3-14(10-12)25(29)30)24(21(28)20(17)27)22-23-6-9-33-22/h1-6,9-11,18,26H,7-8H2/b19-17+. The minimum Gasteiger partial charge on any atom is -0.507 e. The fourth-order valence-corrected chi connectivity index (χ4v) is 4.50. The van der Waals surface area contributed by atoms with Crippen LogP contribution in [0.4, 0.5) is 10.8 Å². The van der Waals surface area contributed by atoms with Crippen molar-refractivity contribution >= 4 is 39.6 Å². The molecule has 1 fully saturated rings. The van der Waals surface area contributed by atoms with E-state index < -0.39 is 28.4 Å². The Kier molecular flexibility index (Phi) is 5.02. The van der Waals surface area contributed by atoms with Crippen LogP contribution in [0.3, 0.4) is 0 Å². The fourth-order valence-electron chi connectivity index (χ4n) is 3.83. The number of nitrogens with zero attached hydrogens (tertiary/aromatic N) is 3. The average Bonchev–Trinajstić information content (AvgIpc) is 3.45. The van der Waals surface area contributed by atoms with E-state index in [0.29, 0.717) is 24.7 Å². The third-order valence-electron chi connectivity index (χ3n) is 5.28. The largest absolute Gasteiger partial charge is 0.507 e. The van der Waals surface area contributed by atoms with Gasteiger partial charge >= 0.3 is 5.91 Å². The lowest BCUT2D eigenvalue weighted by atomic mass is 9.95. The molecule has 1 N–H and O–H groups in total. The topological polar surface area (TPSA) is 132 Å². The molecule has 1 atom stereocenters. The van der Waals surface area contributed by atoms with E-state index in [1.807, 2.05) is 0 Å². The number of hydrogen-bond acceptors (Lipinski definition) is 9. The fraction of sp³-hybridized carbons (Fsp3) is 0.136. The molecule has 2 aromatic carbocycles. The maximum Gasteiger partial charge on any atom is 0.301 e. The van der Waals surface area contributed by atoms with Crippen LogP contribution in [0.1, 0.15) is 17.2 Å². The second-order valence-corrected chi connectivity index (χ2v) is 8.07. The lowest BCUT2D eigenvalue weighted by molar-refractivity contribution is -0.384. The number of nitro benzene ring substituents is 1. The first-order valence-corrected chi connectivity index (χ1v) is 10.7. The summed E-state index contributed by atoms with van der Waals surface area (Å²) in [5, 5.41) is 24.4. The van der Waals surface area contributed by atoms with Crippen LogP contribution in [-0.2, 0) is 9.59 Å². The van der Waals surface area contributed by atoms with Crippen molar-refractivity contribution in [1.29, 1.82) is 0 Å². The molecule has 1 saturated heterocycles. The molecular weight excluding hydrogens is 450 g/mol. The Hall–Kier alpha value is -4.25. The molecular formula is C22H15N3O7S. The zero-order chi connectivity index (χ0) is 23.1. The minimum absolute atomic E-state index is 0.202. The number of aromatic nitrogens is 1.